The molecule has 1 unspecified atom stereocenters. The van der Waals surface area contributed by atoms with E-state index < -0.39 is 0 Å². The van der Waals surface area contributed by atoms with Gasteiger partial charge in [0.25, 0.3) is 0 Å². The molecule has 1 heterocycles. The fourth-order valence-electron chi connectivity index (χ4n) is 2.24. The highest BCUT2D eigenvalue weighted by Gasteiger charge is 2.30. The van der Waals surface area contributed by atoms with Gasteiger partial charge in [0.05, 0.1) is 12.1 Å². The average molecular weight is 256 g/mol. The molecule has 1 fully saturated rings. The summed E-state index contributed by atoms with van der Waals surface area (Å²) in [5.41, 5.74) is 0. The maximum atomic E-state index is 12.0. The topological polar surface area (TPSA) is 41.6 Å². The first kappa shape index (κ1) is 15.4. The van der Waals surface area contributed by atoms with Crippen LogP contribution in [0.4, 0.5) is 0 Å². The summed E-state index contributed by atoms with van der Waals surface area (Å²) < 4.78 is 5.49. The summed E-state index contributed by atoms with van der Waals surface area (Å²) in [6.07, 6.45) is 3.31. The Labute approximate surface area is 111 Å². The molecule has 0 saturated carbocycles. The molecule has 18 heavy (non-hydrogen) atoms. The first-order valence-electron chi connectivity index (χ1n) is 7.17. The largest absolute Gasteiger partial charge is 0.379 e. The van der Waals surface area contributed by atoms with Gasteiger partial charge in [-0.3, -0.25) is 4.79 Å². The molecule has 1 aliphatic heterocycles. The number of rotatable bonds is 8. The highest BCUT2D eigenvalue weighted by Crippen LogP contribution is 2.12. The quantitative estimate of drug-likeness (QED) is 0.673. The zero-order valence-electron chi connectivity index (χ0n) is 12.2. The summed E-state index contributed by atoms with van der Waals surface area (Å²) in [5.74, 6) is 0.272. The second-order valence-electron chi connectivity index (χ2n) is 5.61. The first-order chi connectivity index (χ1) is 8.50. The number of likely N-dealkylation sites (tertiary alicyclic amines) is 1. The number of ether oxygens (including phenoxy) is 1. The molecular weight excluding hydrogens is 228 g/mol. The number of unbranched alkanes of at least 4 members (excludes halogenated alkanes) is 1. The van der Waals surface area contributed by atoms with Crippen LogP contribution in [0.3, 0.4) is 0 Å². The van der Waals surface area contributed by atoms with E-state index >= 15 is 0 Å². The Morgan fingerprint density at radius 1 is 1.33 bits per heavy atom. The Morgan fingerprint density at radius 2 is 2.06 bits per heavy atom. The van der Waals surface area contributed by atoms with Gasteiger partial charge in [-0.05, 0) is 33.1 Å². The molecule has 106 valence electrons. The van der Waals surface area contributed by atoms with Crippen LogP contribution in [-0.2, 0) is 9.53 Å². The number of amides is 1. The minimum atomic E-state index is 0.0388. The summed E-state index contributed by atoms with van der Waals surface area (Å²) in [6, 6.07) is 0.412. The predicted molar refractivity (Wildman–Crippen MR) is 73.6 cm³/mol. The third kappa shape index (κ3) is 5.36. The van der Waals surface area contributed by atoms with E-state index in [0.29, 0.717) is 12.1 Å². The molecule has 0 spiro atoms. The zero-order chi connectivity index (χ0) is 13.5. The van der Waals surface area contributed by atoms with Crippen LogP contribution in [0.15, 0.2) is 0 Å². The van der Waals surface area contributed by atoms with Crippen molar-refractivity contribution in [2.24, 2.45) is 0 Å². The molecule has 0 aromatic carbocycles. The SMILES string of the molecule is CC(C)NC1CCN(CCCCOC(C)C)C1=O. The Bertz CT molecular complexity index is 254. The van der Waals surface area contributed by atoms with Crippen molar-refractivity contribution >= 4 is 5.91 Å². The van der Waals surface area contributed by atoms with Crippen LogP contribution in [0, 0.1) is 0 Å². The summed E-state index contributed by atoms with van der Waals surface area (Å²) in [5, 5.41) is 3.32. The standard InChI is InChI=1S/C14H28N2O2/c1-11(2)15-13-7-9-16(14(13)17)8-5-6-10-18-12(3)4/h11-13,15H,5-10H2,1-4H3. The number of carbonyl (C=O) groups is 1. The molecule has 1 atom stereocenters. The molecule has 0 radical (unpaired) electrons. The minimum absolute atomic E-state index is 0.0388. The lowest BCUT2D eigenvalue weighted by Gasteiger charge is -2.18. The predicted octanol–water partition coefficient (Wildman–Crippen LogP) is 1.79. The van der Waals surface area contributed by atoms with Crippen LogP contribution < -0.4 is 5.32 Å². The van der Waals surface area contributed by atoms with E-state index in [1.165, 1.54) is 0 Å². The fourth-order valence-corrected chi connectivity index (χ4v) is 2.24. The van der Waals surface area contributed by atoms with Crippen LogP contribution in [-0.4, -0.2) is 48.7 Å². The Morgan fingerprint density at radius 3 is 2.67 bits per heavy atom. The summed E-state index contributed by atoms with van der Waals surface area (Å²) in [6.45, 7) is 10.8. The molecule has 4 heteroatoms. The van der Waals surface area contributed by atoms with Gasteiger partial charge in [-0.1, -0.05) is 13.8 Å². The highest BCUT2D eigenvalue weighted by atomic mass is 16.5. The lowest BCUT2D eigenvalue weighted by atomic mass is 10.2. The van der Waals surface area contributed by atoms with E-state index in [0.717, 1.165) is 39.0 Å². The van der Waals surface area contributed by atoms with Gasteiger partial charge in [0.1, 0.15) is 0 Å². The third-order valence-electron chi connectivity index (χ3n) is 3.11. The maximum absolute atomic E-state index is 12.0. The van der Waals surface area contributed by atoms with Crippen LogP contribution >= 0.6 is 0 Å². The zero-order valence-corrected chi connectivity index (χ0v) is 12.2. The molecule has 1 N–H and O–H groups in total. The van der Waals surface area contributed by atoms with Crippen molar-refractivity contribution in [3.8, 4) is 0 Å². The number of hydrogen-bond acceptors (Lipinski definition) is 3. The van der Waals surface area contributed by atoms with E-state index in [1.54, 1.807) is 0 Å². The first-order valence-corrected chi connectivity index (χ1v) is 7.17. The van der Waals surface area contributed by atoms with Gasteiger partial charge in [0, 0.05) is 25.7 Å². The van der Waals surface area contributed by atoms with Gasteiger partial charge >= 0.3 is 0 Å². The lowest BCUT2D eigenvalue weighted by molar-refractivity contribution is -0.129. The van der Waals surface area contributed by atoms with Crippen molar-refractivity contribution in [1.29, 1.82) is 0 Å². The van der Waals surface area contributed by atoms with E-state index in [2.05, 4.69) is 19.2 Å². The molecule has 0 aromatic heterocycles. The summed E-state index contributed by atoms with van der Waals surface area (Å²) in [4.78, 5) is 14.0. The van der Waals surface area contributed by atoms with Gasteiger partial charge in [-0.25, -0.2) is 0 Å². The smallest absolute Gasteiger partial charge is 0.239 e. The van der Waals surface area contributed by atoms with Crippen molar-refractivity contribution in [2.75, 3.05) is 19.7 Å². The number of carbonyl (C=O) groups excluding carboxylic acids is 1. The molecule has 1 saturated heterocycles. The van der Waals surface area contributed by atoms with Crippen LogP contribution in [0.1, 0.15) is 47.0 Å². The van der Waals surface area contributed by atoms with Crippen LogP contribution in [0.25, 0.3) is 0 Å². The van der Waals surface area contributed by atoms with Crippen molar-refractivity contribution < 1.29 is 9.53 Å². The second-order valence-corrected chi connectivity index (χ2v) is 5.61. The van der Waals surface area contributed by atoms with Gasteiger partial charge < -0.3 is 15.0 Å². The van der Waals surface area contributed by atoms with E-state index in [-0.39, 0.29) is 11.9 Å². The van der Waals surface area contributed by atoms with Gasteiger partial charge in [-0.2, -0.15) is 0 Å². The summed E-state index contributed by atoms with van der Waals surface area (Å²) in [7, 11) is 0. The fraction of sp³-hybridized carbons (Fsp3) is 0.929. The van der Waals surface area contributed by atoms with Crippen LogP contribution in [0.2, 0.25) is 0 Å². The summed E-state index contributed by atoms with van der Waals surface area (Å²) >= 11 is 0. The van der Waals surface area contributed by atoms with E-state index in [1.807, 2.05) is 18.7 Å². The normalized spacial score (nSPS) is 20.4. The van der Waals surface area contributed by atoms with Gasteiger partial charge in [0.2, 0.25) is 5.91 Å². The van der Waals surface area contributed by atoms with E-state index in [4.69, 9.17) is 4.74 Å². The Balaban J connectivity index is 2.14. The molecule has 1 amide bonds. The minimum Gasteiger partial charge on any atom is -0.379 e. The molecule has 0 bridgehead atoms. The van der Waals surface area contributed by atoms with Gasteiger partial charge in [-0.15, -0.1) is 0 Å². The van der Waals surface area contributed by atoms with Crippen molar-refractivity contribution in [1.82, 2.24) is 10.2 Å². The molecule has 0 aromatic rings. The van der Waals surface area contributed by atoms with Crippen molar-refractivity contribution in [2.45, 2.75) is 65.1 Å². The lowest BCUT2D eigenvalue weighted by Crippen LogP contribution is -2.41. The monoisotopic (exact) mass is 256 g/mol. The molecule has 0 aliphatic carbocycles. The van der Waals surface area contributed by atoms with Crippen LogP contribution in [0.5, 0.6) is 0 Å². The Kier molecular flexibility index (Phi) is 6.65. The molecular formula is C14H28N2O2. The van der Waals surface area contributed by atoms with E-state index in [9.17, 15) is 4.79 Å². The average Bonchev–Trinajstić information content (AvgIpc) is 2.60. The maximum Gasteiger partial charge on any atom is 0.239 e. The number of nitrogens with zero attached hydrogens (tertiary/aromatic N) is 1. The molecule has 1 aliphatic rings. The second kappa shape index (κ2) is 7.74. The Hall–Kier alpha value is -0.610. The number of nitrogens with one attached hydrogen (secondary N) is 1. The van der Waals surface area contributed by atoms with Crippen molar-refractivity contribution in [3.05, 3.63) is 0 Å². The molecule has 4 nitrogen and oxygen atoms in total. The van der Waals surface area contributed by atoms with Crippen molar-refractivity contribution in [3.63, 3.8) is 0 Å². The highest BCUT2D eigenvalue weighted by molar-refractivity contribution is 5.83. The number of hydrogen-bond donors (Lipinski definition) is 1. The third-order valence-corrected chi connectivity index (χ3v) is 3.11. The van der Waals surface area contributed by atoms with Gasteiger partial charge in [0.15, 0.2) is 0 Å². The molecule has 1 rings (SSSR count).